The van der Waals surface area contributed by atoms with Gasteiger partial charge in [-0.25, -0.2) is 0 Å². The second-order valence-electron chi connectivity index (χ2n) is 4.58. The molecule has 0 bridgehead atoms. The summed E-state index contributed by atoms with van der Waals surface area (Å²) >= 11 is 0. The molecule has 1 aliphatic rings. The van der Waals surface area contributed by atoms with E-state index in [2.05, 4.69) is 10.6 Å². The minimum absolute atomic E-state index is 0.0896. The summed E-state index contributed by atoms with van der Waals surface area (Å²) in [6, 6.07) is 0. The molecule has 0 unspecified atom stereocenters. The van der Waals surface area contributed by atoms with Crippen molar-refractivity contribution in [3.63, 3.8) is 0 Å². The van der Waals surface area contributed by atoms with Gasteiger partial charge in [-0.2, -0.15) is 0 Å². The van der Waals surface area contributed by atoms with Gasteiger partial charge in [-0.3, -0.25) is 9.59 Å². The number of carboxylic acid groups (broad SMARTS) is 1. The van der Waals surface area contributed by atoms with Crippen LogP contribution in [0.3, 0.4) is 0 Å². The fraction of sp³-hybridized carbons (Fsp3) is 0.833. The van der Waals surface area contributed by atoms with Crippen LogP contribution >= 0.6 is 0 Å². The topological polar surface area (TPSA) is 78.4 Å². The molecule has 5 heteroatoms. The van der Waals surface area contributed by atoms with Crippen LogP contribution in [0.1, 0.15) is 32.1 Å². The Kier molecular flexibility index (Phi) is 5.97. The van der Waals surface area contributed by atoms with E-state index < -0.39 is 11.9 Å². The lowest BCUT2D eigenvalue weighted by atomic mass is 9.79. The van der Waals surface area contributed by atoms with Crippen molar-refractivity contribution in [2.75, 3.05) is 20.1 Å². The molecule has 17 heavy (non-hydrogen) atoms. The lowest BCUT2D eigenvalue weighted by Gasteiger charge is -2.27. The van der Waals surface area contributed by atoms with Crippen LogP contribution in [-0.4, -0.2) is 37.1 Å². The first-order chi connectivity index (χ1) is 8.16. The number of carboxylic acids is 1. The summed E-state index contributed by atoms with van der Waals surface area (Å²) in [5.41, 5.74) is 0. The van der Waals surface area contributed by atoms with Crippen LogP contribution in [-0.2, 0) is 9.59 Å². The van der Waals surface area contributed by atoms with E-state index >= 15 is 0 Å². The fourth-order valence-electron chi connectivity index (χ4n) is 2.35. The predicted molar refractivity (Wildman–Crippen MR) is 64.6 cm³/mol. The Hall–Kier alpha value is -1.10. The average Bonchev–Trinajstić information content (AvgIpc) is 2.34. The molecule has 98 valence electrons. The van der Waals surface area contributed by atoms with Gasteiger partial charge in [0.1, 0.15) is 0 Å². The van der Waals surface area contributed by atoms with Crippen LogP contribution in [0.5, 0.6) is 0 Å². The van der Waals surface area contributed by atoms with Gasteiger partial charge in [-0.15, -0.1) is 0 Å². The molecule has 1 aliphatic carbocycles. The fourth-order valence-corrected chi connectivity index (χ4v) is 2.35. The van der Waals surface area contributed by atoms with Gasteiger partial charge < -0.3 is 15.7 Å². The zero-order valence-corrected chi connectivity index (χ0v) is 10.4. The summed E-state index contributed by atoms with van der Waals surface area (Å²) in [5.74, 6) is -1.75. The molecular weight excluding hydrogens is 220 g/mol. The Morgan fingerprint density at radius 2 is 1.82 bits per heavy atom. The SMILES string of the molecule is CNCCCNC(=O)[C@@H]1CCCC[C@@H]1C(=O)O. The van der Waals surface area contributed by atoms with Gasteiger partial charge in [0.15, 0.2) is 0 Å². The van der Waals surface area contributed by atoms with Crippen molar-refractivity contribution in [1.29, 1.82) is 0 Å². The second kappa shape index (κ2) is 7.27. The van der Waals surface area contributed by atoms with Crippen LogP contribution in [0.15, 0.2) is 0 Å². The van der Waals surface area contributed by atoms with Crippen molar-refractivity contribution < 1.29 is 14.7 Å². The summed E-state index contributed by atoms with van der Waals surface area (Å²) < 4.78 is 0. The third-order valence-corrected chi connectivity index (χ3v) is 3.32. The first-order valence-corrected chi connectivity index (χ1v) is 6.32. The highest BCUT2D eigenvalue weighted by atomic mass is 16.4. The number of carbonyl (C=O) groups excluding carboxylic acids is 1. The number of carbonyl (C=O) groups is 2. The van der Waals surface area contributed by atoms with E-state index in [1.807, 2.05) is 7.05 Å². The Bertz CT molecular complexity index is 268. The summed E-state index contributed by atoms with van der Waals surface area (Å²) in [7, 11) is 1.86. The standard InChI is InChI=1S/C12H22N2O3/c1-13-7-4-8-14-11(15)9-5-2-3-6-10(9)12(16)17/h9-10,13H,2-8H2,1H3,(H,14,15)(H,16,17)/t9-,10+/m1/s1. The third kappa shape index (κ3) is 4.34. The molecule has 0 aliphatic heterocycles. The monoisotopic (exact) mass is 242 g/mol. The molecule has 1 fully saturated rings. The highest BCUT2D eigenvalue weighted by Crippen LogP contribution is 2.30. The third-order valence-electron chi connectivity index (χ3n) is 3.32. The van der Waals surface area contributed by atoms with Gasteiger partial charge in [0.2, 0.25) is 5.91 Å². The molecule has 0 aromatic heterocycles. The maximum atomic E-state index is 11.9. The second-order valence-corrected chi connectivity index (χ2v) is 4.58. The zero-order chi connectivity index (χ0) is 12.7. The zero-order valence-electron chi connectivity index (χ0n) is 10.4. The highest BCUT2D eigenvalue weighted by molar-refractivity contribution is 5.84. The maximum Gasteiger partial charge on any atom is 0.307 e. The molecular formula is C12H22N2O3. The van der Waals surface area contributed by atoms with Crippen molar-refractivity contribution in [3.8, 4) is 0 Å². The lowest BCUT2D eigenvalue weighted by Crippen LogP contribution is -2.40. The van der Waals surface area contributed by atoms with Gasteiger partial charge in [0.05, 0.1) is 11.8 Å². The molecule has 0 aromatic carbocycles. The minimum Gasteiger partial charge on any atom is -0.481 e. The highest BCUT2D eigenvalue weighted by Gasteiger charge is 2.35. The largest absolute Gasteiger partial charge is 0.481 e. The molecule has 0 radical (unpaired) electrons. The summed E-state index contributed by atoms with van der Waals surface area (Å²) in [6.07, 6.45) is 4.07. The molecule has 0 saturated heterocycles. The Labute approximate surface area is 102 Å². The normalized spacial score (nSPS) is 24.3. The summed E-state index contributed by atoms with van der Waals surface area (Å²) in [5, 5.41) is 14.9. The van der Waals surface area contributed by atoms with E-state index in [1.54, 1.807) is 0 Å². The first-order valence-electron chi connectivity index (χ1n) is 6.32. The van der Waals surface area contributed by atoms with Gasteiger partial charge in [0.25, 0.3) is 0 Å². The summed E-state index contributed by atoms with van der Waals surface area (Å²) in [6.45, 7) is 1.47. The molecule has 0 aromatic rings. The van der Waals surface area contributed by atoms with Crippen LogP contribution in [0, 0.1) is 11.8 Å². The number of rotatable bonds is 6. The van der Waals surface area contributed by atoms with E-state index in [-0.39, 0.29) is 11.8 Å². The molecule has 1 amide bonds. The van der Waals surface area contributed by atoms with Crippen LogP contribution in [0.4, 0.5) is 0 Å². The van der Waals surface area contributed by atoms with Crippen LogP contribution in [0.2, 0.25) is 0 Å². The molecule has 1 saturated carbocycles. The predicted octanol–water partition coefficient (Wildman–Crippen LogP) is 0.603. The number of amides is 1. The maximum absolute atomic E-state index is 11.9. The quantitative estimate of drug-likeness (QED) is 0.596. The molecule has 1 rings (SSSR count). The van der Waals surface area contributed by atoms with Crippen LogP contribution in [0.25, 0.3) is 0 Å². The van der Waals surface area contributed by atoms with E-state index in [4.69, 9.17) is 5.11 Å². The number of hydrogen-bond donors (Lipinski definition) is 3. The molecule has 0 spiro atoms. The Morgan fingerprint density at radius 3 is 2.41 bits per heavy atom. The van der Waals surface area contributed by atoms with E-state index in [0.29, 0.717) is 19.4 Å². The van der Waals surface area contributed by atoms with E-state index in [0.717, 1.165) is 25.8 Å². The number of nitrogens with one attached hydrogen (secondary N) is 2. The molecule has 2 atom stereocenters. The van der Waals surface area contributed by atoms with Crippen LogP contribution < -0.4 is 10.6 Å². The molecule has 3 N–H and O–H groups in total. The van der Waals surface area contributed by atoms with Crippen molar-refractivity contribution in [1.82, 2.24) is 10.6 Å². The Balaban J connectivity index is 2.39. The lowest BCUT2D eigenvalue weighted by molar-refractivity contribution is -0.148. The average molecular weight is 242 g/mol. The van der Waals surface area contributed by atoms with Crippen molar-refractivity contribution in [2.24, 2.45) is 11.8 Å². The van der Waals surface area contributed by atoms with E-state index in [9.17, 15) is 9.59 Å². The van der Waals surface area contributed by atoms with Crippen molar-refractivity contribution in [2.45, 2.75) is 32.1 Å². The van der Waals surface area contributed by atoms with Gasteiger partial charge >= 0.3 is 5.97 Å². The number of hydrogen-bond acceptors (Lipinski definition) is 3. The van der Waals surface area contributed by atoms with Gasteiger partial charge in [0, 0.05) is 6.54 Å². The first kappa shape index (κ1) is 14.0. The number of aliphatic carboxylic acids is 1. The van der Waals surface area contributed by atoms with Crippen molar-refractivity contribution >= 4 is 11.9 Å². The molecule has 0 heterocycles. The van der Waals surface area contributed by atoms with Crippen molar-refractivity contribution in [3.05, 3.63) is 0 Å². The van der Waals surface area contributed by atoms with Gasteiger partial charge in [-0.1, -0.05) is 12.8 Å². The smallest absolute Gasteiger partial charge is 0.307 e. The van der Waals surface area contributed by atoms with Gasteiger partial charge in [-0.05, 0) is 32.9 Å². The Morgan fingerprint density at radius 1 is 1.18 bits per heavy atom. The van der Waals surface area contributed by atoms with E-state index in [1.165, 1.54) is 0 Å². The minimum atomic E-state index is -0.833. The molecule has 5 nitrogen and oxygen atoms in total. The summed E-state index contributed by atoms with van der Waals surface area (Å²) in [4.78, 5) is 22.9.